The molecule has 0 saturated heterocycles. The Balaban J connectivity index is 1.86. The molecule has 0 saturated carbocycles. The average molecular weight is 388 g/mol. The van der Waals surface area contributed by atoms with Gasteiger partial charge >= 0.3 is 0 Å². The molecule has 0 N–H and O–H groups in total. The molecule has 0 atom stereocenters. The van der Waals surface area contributed by atoms with Crippen molar-refractivity contribution in [3.63, 3.8) is 0 Å². The highest BCUT2D eigenvalue weighted by Crippen LogP contribution is 2.33. The first-order valence-corrected chi connectivity index (χ1v) is 9.78. The van der Waals surface area contributed by atoms with Gasteiger partial charge in [0.15, 0.2) is 5.13 Å². The van der Waals surface area contributed by atoms with Crippen LogP contribution in [0.3, 0.4) is 0 Å². The highest BCUT2D eigenvalue weighted by molar-refractivity contribution is 7.22. The number of nitrogens with zero attached hydrogens (tertiary/aromatic N) is 3. The van der Waals surface area contributed by atoms with Crippen LogP contribution >= 0.6 is 22.9 Å². The van der Waals surface area contributed by atoms with E-state index < -0.39 is 0 Å². The number of rotatable bonds is 7. The van der Waals surface area contributed by atoms with Crippen LogP contribution in [0.5, 0.6) is 0 Å². The molecule has 2 aromatic carbocycles. The maximum Gasteiger partial charge on any atom is 0.233 e. The summed E-state index contributed by atoms with van der Waals surface area (Å²) in [6.45, 7) is 1.56. The molecule has 0 aliphatic heterocycles. The van der Waals surface area contributed by atoms with E-state index in [0.29, 0.717) is 23.1 Å². The predicted octanol–water partition coefficient (Wildman–Crippen LogP) is 4.48. The van der Waals surface area contributed by atoms with Crippen LogP contribution in [0.1, 0.15) is 12.0 Å². The van der Waals surface area contributed by atoms with Gasteiger partial charge in [-0.15, -0.1) is 0 Å². The Morgan fingerprint density at radius 3 is 2.54 bits per heavy atom. The van der Waals surface area contributed by atoms with E-state index in [-0.39, 0.29) is 5.91 Å². The summed E-state index contributed by atoms with van der Waals surface area (Å²) in [5.74, 6) is 0.0603. The van der Waals surface area contributed by atoms with Crippen molar-refractivity contribution in [1.29, 1.82) is 0 Å². The van der Waals surface area contributed by atoms with Gasteiger partial charge in [0, 0.05) is 6.54 Å². The minimum atomic E-state index is 0.0603. The molecule has 6 heteroatoms. The summed E-state index contributed by atoms with van der Waals surface area (Å²) in [7, 11) is 4.07. The van der Waals surface area contributed by atoms with Crippen LogP contribution in [0.15, 0.2) is 48.5 Å². The number of carbonyl (C=O) groups excluding carboxylic acids is 1. The largest absolute Gasteiger partial charge is 0.309 e. The fraction of sp³-hybridized carbons (Fsp3) is 0.300. The van der Waals surface area contributed by atoms with Crippen molar-refractivity contribution < 1.29 is 4.79 Å². The third-order valence-electron chi connectivity index (χ3n) is 4.08. The van der Waals surface area contributed by atoms with Crippen LogP contribution in [0, 0.1) is 0 Å². The van der Waals surface area contributed by atoms with E-state index in [4.69, 9.17) is 11.6 Å². The molecule has 136 valence electrons. The Morgan fingerprint density at radius 2 is 1.85 bits per heavy atom. The standard InChI is InChI=1S/C20H22ClN3OS/c1-23(2)12-7-13-24(18(25)14-15-8-4-3-5-9-15)20-22-19-16(21)10-6-11-17(19)26-20/h3-6,8-11H,7,12-14H2,1-2H3. The van der Waals surface area contributed by atoms with Gasteiger partial charge in [0.1, 0.15) is 5.52 Å². The van der Waals surface area contributed by atoms with Gasteiger partial charge in [0.05, 0.1) is 16.1 Å². The number of carbonyl (C=O) groups is 1. The fourth-order valence-electron chi connectivity index (χ4n) is 2.76. The van der Waals surface area contributed by atoms with E-state index in [0.717, 1.165) is 28.7 Å². The van der Waals surface area contributed by atoms with Crippen molar-refractivity contribution in [3.8, 4) is 0 Å². The first kappa shape index (κ1) is 18.8. The van der Waals surface area contributed by atoms with Gasteiger partial charge in [-0.3, -0.25) is 9.69 Å². The van der Waals surface area contributed by atoms with Crippen LogP contribution in [0.25, 0.3) is 10.2 Å². The lowest BCUT2D eigenvalue weighted by atomic mass is 10.1. The molecule has 26 heavy (non-hydrogen) atoms. The van der Waals surface area contributed by atoms with Crippen molar-refractivity contribution >= 4 is 44.2 Å². The number of aromatic nitrogens is 1. The second kappa shape index (κ2) is 8.62. The number of benzene rings is 2. The second-order valence-electron chi connectivity index (χ2n) is 6.45. The zero-order valence-corrected chi connectivity index (χ0v) is 16.6. The van der Waals surface area contributed by atoms with E-state index >= 15 is 0 Å². The van der Waals surface area contributed by atoms with Gasteiger partial charge in [0.2, 0.25) is 5.91 Å². The third kappa shape index (κ3) is 4.61. The van der Waals surface area contributed by atoms with Gasteiger partial charge in [0.25, 0.3) is 0 Å². The molecule has 1 aromatic heterocycles. The quantitative estimate of drug-likeness (QED) is 0.599. The Kier molecular flexibility index (Phi) is 6.25. The molecule has 0 spiro atoms. The Bertz CT molecular complexity index is 879. The third-order valence-corrected chi connectivity index (χ3v) is 5.42. The van der Waals surface area contributed by atoms with Gasteiger partial charge in [-0.05, 0) is 44.8 Å². The number of para-hydroxylation sites is 1. The number of halogens is 1. The molecule has 0 aliphatic carbocycles. The van der Waals surface area contributed by atoms with Crippen LogP contribution < -0.4 is 4.90 Å². The maximum absolute atomic E-state index is 13.0. The number of amides is 1. The molecule has 0 aliphatic rings. The van der Waals surface area contributed by atoms with Crippen molar-refractivity contribution in [1.82, 2.24) is 9.88 Å². The van der Waals surface area contributed by atoms with Crippen LogP contribution in [0.4, 0.5) is 5.13 Å². The van der Waals surface area contributed by atoms with Crippen LogP contribution in [0.2, 0.25) is 5.02 Å². The highest BCUT2D eigenvalue weighted by Gasteiger charge is 2.20. The lowest BCUT2D eigenvalue weighted by Crippen LogP contribution is -2.34. The smallest absolute Gasteiger partial charge is 0.233 e. The van der Waals surface area contributed by atoms with Gasteiger partial charge in [-0.1, -0.05) is 59.3 Å². The molecule has 0 bridgehead atoms. The number of fused-ring (bicyclic) bond motifs is 1. The molecular formula is C20H22ClN3OS. The highest BCUT2D eigenvalue weighted by atomic mass is 35.5. The molecular weight excluding hydrogens is 366 g/mol. The molecule has 0 radical (unpaired) electrons. The molecule has 1 heterocycles. The van der Waals surface area contributed by atoms with E-state index in [1.54, 1.807) is 4.90 Å². The SMILES string of the molecule is CN(C)CCCN(C(=O)Cc1ccccc1)c1nc2c(Cl)cccc2s1. The molecule has 4 nitrogen and oxygen atoms in total. The Labute approximate surface area is 163 Å². The molecule has 3 rings (SSSR count). The lowest BCUT2D eigenvalue weighted by molar-refractivity contribution is -0.118. The summed E-state index contributed by atoms with van der Waals surface area (Å²) in [6, 6.07) is 15.5. The first-order valence-electron chi connectivity index (χ1n) is 8.58. The number of hydrogen-bond donors (Lipinski definition) is 0. The summed E-state index contributed by atoms with van der Waals surface area (Å²) < 4.78 is 0.998. The minimum absolute atomic E-state index is 0.0603. The Hall–Kier alpha value is -1.95. The number of hydrogen-bond acceptors (Lipinski definition) is 4. The van der Waals surface area contributed by atoms with Gasteiger partial charge in [-0.2, -0.15) is 0 Å². The van der Waals surface area contributed by atoms with E-state index in [2.05, 4.69) is 9.88 Å². The van der Waals surface area contributed by atoms with E-state index in [1.165, 1.54) is 11.3 Å². The molecule has 3 aromatic rings. The summed E-state index contributed by atoms with van der Waals surface area (Å²) in [4.78, 5) is 21.6. The average Bonchev–Trinajstić information content (AvgIpc) is 3.04. The van der Waals surface area contributed by atoms with E-state index in [9.17, 15) is 4.79 Å². The topological polar surface area (TPSA) is 36.4 Å². The monoisotopic (exact) mass is 387 g/mol. The van der Waals surface area contributed by atoms with Crippen molar-refractivity contribution in [2.24, 2.45) is 0 Å². The number of thiazole rings is 1. The maximum atomic E-state index is 13.0. The summed E-state index contributed by atoms with van der Waals surface area (Å²) in [6.07, 6.45) is 1.25. The minimum Gasteiger partial charge on any atom is -0.309 e. The van der Waals surface area contributed by atoms with E-state index in [1.807, 2.05) is 62.6 Å². The van der Waals surface area contributed by atoms with Crippen molar-refractivity contribution in [2.45, 2.75) is 12.8 Å². The Morgan fingerprint density at radius 1 is 1.08 bits per heavy atom. The zero-order chi connectivity index (χ0) is 18.5. The summed E-state index contributed by atoms with van der Waals surface area (Å²) in [5, 5.41) is 1.33. The van der Waals surface area contributed by atoms with Crippen molar-refractivity contribution in [3.05, 3.63) is 59.1 Å². The predicted molar refractivity (Wildman–Crippen MR) is 110 cm³/mol. The molecule has 1 amide bonds. The van der Waals surface area contributed by atoms with Crippen LogP contribution in [-0.2, 0) is 11.2 Å². The molecule has 0 fully saturated rings. The fourth-order valence-corrected chi connectivity index (χ4v) is 4.07. The van der Waals surface area contributed by atoms with Crippen molar-refractivity contribution in [2.75, 3.05) is 32.1 Å². The zero-order valence-electron chi connectivity index (χ0n) is 15.0. The molecule has 0 unspecified atom stereocenters. The lowest BCUT2D eigenvalue weighted by Gasteiger charge is -2.21. The normalized spacial score (nSPS) is 11.2. The second-order valence-corrected chi connectivity index (χ2v) is 7.86. The van der Waals surface area contributed by atoms with Gasteiger partial charge < -0.3 is 4.90 Å². The van der Waals surface area contributed by atoms with Crippen LogP contribution in [-0.4, -0.2) is 43.0 Å². The van der Waals surface area contributed by atoms with Gasteiger partial charge in [-0.25, -0.2) is 4.98 Å². The summed E-state index contributed by atoms with van der Waals surface area (Å²) >= 11 is 7.78. The number of anilines is 1. The summed E-state index contributed by atoms with van der Waals surface area (Å²) in [5.41, 5.74) is 1.77. The first-order chi connectivity index (χ1) is 12.5.